The van der Waals surface area contributed by atoms with Crippen LogP contribution in [0.2, 0.25) is 0 Å². The van der Waals surface area contributed by atoms with Crippen LogP contribution in [0.1, 0.15) is 60.9 Å². The van der Waals surface area contributed by atoms with Gasteiger partial charge < -0.3 is 15.0 Å². The average molecular weight is 421 g/mol. The molecule has 1 fully saturated rings. The van der Waals surface area contributed by atoms with Crippen molar-refractivity contribution in [1.82, 2.24) is 5.32 Å². The standard InChI is InChI=1S/C25H28N2O4/c1-17(24(30)31-2)26-22(28)21-19-13-7-8-14-20(19)23(29)27(18-11-5-3-6-12-18)25(21)15-9-4-10-16-25/h3,5-8,11-14,17,21H,4,9-10,15-16H2,1-2H3,(H,26,28)/t17-,21+/m1/s1. The first-order valence-corrected chi connectivity index (χ1v) is 10.9. The fraction of sp³-hybridized carbons (Fsp3) is 0.400. The molecule has 2 aromatic carbocycles. The van der Waals surface area contributed by atoms with E-state index in [1.54, 1.807) is 13.0 Å². The molecular formula is C25H28N2O4. The van der Waals surface area contributed by atoms with Crippen molar-refractivity contribution >= 4 is 23.5 Å². The van der Waals surface area contributed by atoms with Crippen LogP contribution >= 0.6 is 0 Å². The molecule has 1 aliphatic carbocycles. The molecule has 2 aliphatic rings. The van der Waals surface area contributed by atoms with Gasteiger partial charge in [0.15, 0.2) is 0 Å². The van der Waals surface area contributed by atoms with E-state index in [0.29, 0.717) is 5.56 Å². The maximum absolute atomic E-state index is 13.8. The van der Waals surface area contributed by atoms with Crippen LogP contribution in [-0.2, 0) is 14.3 Å². The Morgan fingerprint density at radius 3 is 2.35 bits per heavy atom. The van der Waals surface area contributed by atoms with Crippen LogP contribution in [-0.4, -0.2) is 36.5 Å². The molecule has 2 atom stereocenters. The number of amides is 2. The predicted molar refractivity (Wildman–Crippen MR) is 118 cm³/mol. The number of rotatable bonds is 4. The zero-order chi connectivity index (χ0) is 22.0. The summed E-state index contributed by atoms with van der Waals surface area (Å²) in [5.41, 5.74) is 1.39. The summed E-state index contributed by atoms with van der Waals surface area (Å²) < 4.78 is 4.80. The third-order valence-electron chi connectivity index (χ3n) is 6.60. The lowest BCUT2D eigenvalue weighted by Gasteiger charge is -2.53. The number of carbonyl (C=O) groups is 3. The highest BCUT2D eigenvalue weighted by atomic mass is 16.5. The molecule has 0 saturated heterocycles. The first kappa shape index (κ1) is 21.1. The Labute approximate surface area is 182 Å². The number of esters is 1. The summed E-state index contributed by atoms with van der Waals surface area (Å²) in [6.07, 6.45) is 4.41. The van der Waals surface area contributed by atoms with Gasteiger partial charge in [0.05, 0.1) is 18.6 Å². The molecule has 1 spiro atoms. The molecule has 1 N–H and O–H groups in total. The molecule has 2 aromatic rings. The van der Waals surface area contributed by atoms with Gasteiger partial charge in [-0.15, -0.1) is 0 Å². The number of hydrogen-bond donors (Lipinski definition) is 1. The molecule has 31 heavy (non-hydrogen) atoms. The number of hydrogen-bond acceptors (Lipinski definition) is 4. The summed E-state index contributed by atoms with van der Waals surface area (Å²) in [6, 6.07) is 16.2. The smallest absolute Gasteiger partial charge is 0.328 e. The zero-order valence-corrected chi connectivity index (χ0v) is 18.0. The summed E-state index contributed by atoms with van der Waals surface area (Å²) >= 11 is 0. The van der Waals surface area contributed by atoms with Crippen LogP contribution in [0, 0.1) is 0 Å². The SMILES string of the molecule is COC(=O)[C@@H](C)NC(=O)[C@@H]1c2ccccc2C(=O)N(c2ccccc2)C12CCCCC2. The number of nitrogens with one attached hydrogen (secondary N) is 1. The molecule has 1 aliphatic heterocycles. The van der Waals surface area contributed by atoms with Gasteiger partial charge >= 0.3 is 5.97 Å². The van der Waals surface area contributed by atoms with Crippen molar-refractivity contribution in [3.8, 4) is 0 Å². The highest BCUT2D eigenvalue weighted by Gasteiger charge is 2.55. The molecule has 0 aromatic heterocycles. The molecule has 0 radical (unpaired) electrons. The predicted octanol–water partition coefficient (Wildman–Crippen LogP) is 3.81. The van der Waals surface area contributed by atoms with Crippen LogP contribution in [0.5, 0.6) is 0 Å². The minimum absolute atomic E-state index is 0.0752. The van der Waals surface area contributed by atoms with Crippen molar-refractivity contribution in [2.45, 2.75) is 56.5 Å². The van der Waals surface area contributed by atoms with Crippen LogP contribution < -0.4 is 10.2 Å². The molecule has 6 nitrogen and oxygen atoms in total. The van der Waals surface area contributed by atoms with Gasteiger partial charge in [-0.2, -0.15) is 0 Å². The molecule has 1 heterocycles. The van der Waals surface area contributed by atoms with Gasteiger partial charge in [0.25, 0.3) is 5.91 Å². The third-order valence-corrected chi connectivity index (χ3v) is 6.60. The van der Waals surface area contributed by atoms with Gasteiger partial charge in [-0.05, 0) is 43.5 Å². The second kappa shape index (κ2) is 8.53. The monoisotopic (exact) mass is 420 g/mol. The number of fused-ring (bicyclic) bond motifs is 1. The molecule has 162 valence electrons. The Hall–Kier alpha value is -3.15. The Bertz CT molecular complexity index is 982. The lowest BCUT2D eigenvalue weighted by molar-refractivity contribution is -0.145. The Morgan fingerprint density at radius 1 is 1.03 bits per heavy atom. The van der Waals surface area contributed by atoms with Gasteiger partial charge in [0.2, 0.25) is 5.91 Å². The molecule has 0 bridgehead atoms. The number of para-hydroxylation sites is 1. The van der Waals surface area contributed by atoms with E-state index in [4.69, 9.17) is 4.74 Å². The summed E-state index contributed by atoms with van der Waals surface area (Å²) in [6.45, 7) is 1.62. The minimum atomic E-state index is -0.770. The molecule has 2 amide bonds. The van der Waals surface area contributed by atoms with E-state index >= 15 is 0 Å². The van der Waals surface area contributed by atoms with Crippen molar-refractivity contribution in [2.75, 3.05) is 12.0 Å². The van der Waals surface area contributed by atoms with Gasteiger partial charge in [0, 0.05) is 11.3 Å². The number of ether oxygens (including phenoxy) is 1. The second-order valence-corrected chi connectivity index (χ2v) is 8.41. The quantitative estimate of drug-likeness (QED) is 0.763. The fourth-order valence-electron chi connectivity index (χ4n) is 5.23. The van der Waals surface area contributed by atoms with E-state index in [-0.39, 0.29) is 11.8 Å². The fourth-order valence-corrected chi connectivity index (χ4v) is 5.23. The van der Waals surface area contributed by atoms with E-state index in [0.717, 1.165) is 43.4 Å². The van der Waals surface area contributed by atoms with Crippen molar-refractivity contribution in [3.63, 3.8) is 0 Å². The minimum Gasteiger partial charge on any atom is -0.467 e. The molecule has 4 rings (SSSR count). The number of methoxy groups -OCH3 is 1. The number of benzene rings is 2. The molecule has 0 unspecified atom stereocenters. The highest BCUT2D eigenvalue weighted by molar-refractivity contribution is 6.12. The zero-order valence-electron chi connectivity index (χ0n) is 18.0. The van der Waals surface area contributed by atoms with Gasteiger partial charge in [-0.1, -0.05) is 55.7 Å². The summed E-state index contributed by atoms with van der Waals surface area (Å²) in [5.74, 6) is -1.39. The van der Waals surface area contributed by atoms with Gasteiger partial charge in [0.1, 0.15) is 6.04 Å². The lowest BCUT2D eigenvalue weighted by atomic mass is 9.65. The first-order chi connectivity index (χ1) is 15.0. The van der Waals surface area contributed by atoms with E-state index in [2.05, 4.69) is 5.32 Å². The van der Waals surface area contributed by atoms with E-state index in [1.165, 1.54) is 7.11 Å². The van der Waals surface area contributed by atoms with Crippen molar-refractivity contribution in [1.29, 1.82) is 0 Å². The Balaban J connectivity index is 1.87. The maximum Gasteiger partial charge on any atom is 0.328 e. The largest absolute Gasteiger partial charge is 0.467 e. The van der Waals surface area contributed by atoms with Crippen LogP contribution in [0.4, 0.5) is 5.69 Å². The number of carbonyl (C=O) groups excluding carboxylic acids is 3. The van der Waals surface area contributed by atoms with Crippen LogP contribution in [0.25, 0.3) is 0 Å². The summed E-state index contributed by atoms with van der Waals surface area (Å²) in [4.78, 5) is 41.3. The molecule has 1 saturated carbocycles. The topological polar surface area (TPSA) is 75.7 Å². The van der Waals surface area contributed by atoms with Crippen molar-refractivity contribution in [2.24, 2.45) is 0 Å². The number of nitrogens with zero attached hydrogens (tertiary/aromatic N) is 1. The Morgan fingerprint density at radius 2 is 1.68 bits per heavy atom. The first-order valence-electron chi connectivity index (χ1n) is 10.9. The molecule has 6 heteroatoms. The van der Waals surface area contributed by atoms with Crippen LogP contribution in [0.3, 0.4) is 0 Å². The third kappa shape index (κ3) is 3.60. The average Bonchev–Trinajstić information content (AvgIpc) is 2.80. The van der Waals surface area contributed by atoms with Gasteiger partial charge in [-0.25, -0.2) is 4.79 Å². The van der Waals surface area contributed by atoms with E-state index in [9.17, 15) is 14.4 Å². The van der Waals surface area contributed by atoms with E-state index in [1.807, 2.05) is 53.4 Å². The summed E-state index contributed by atoms with van der Waals surface area (Å²) in [5, 5.41) is 2.85. The second-order valence-electron chi connectivity index (χ2n) is 8.41. The summed E-state index contributed by atoms with van der Waals surface area (Å²) in [7, 11) is 1.30. The lowest BCUT2D eigenvalue weighted by Crippen LogP contribution is -2.63. The van der Waals surface area contributed by atoms with Crippen LogP contribution in [0.15, 0.2) is 54.6 Å². The van der Waals surface area contributed by atoms with Gasteiger partial charge in [-0.3, -0.25) is 9.59 Å². The normalized spacial score (nSPS) is 20.6. The van der Waals surface area contributed by atoms with Crippen molar-refractivity contribution < 1.29 is 19.1 Å². The maximum atomic E-state index is 13.8. The highest BCUT2D eigenvalue weighted by Crippen LogP contribution is 2.50. The molecular weight excluding hydrogens is 392 g/mol. The van der Waals surface area contributed by atoms with Crippen molar-refractivity contribution in [3.05, 3.63) is 65.7 Å². The van der Waals surface area contributed by atoms with E-state index < -0.39 is 23.5 Å². The number of anilines is 1. The Kier molecular flexibility index (Phi) is 5.81.